The molecule has 0 aliphatic heterocycles. The molecule has 0 bridgehead atoms. The highest BCUT2D eigenvalue weighted by Crippen LogP contribution is 2.57. The third-order valence-corrected chi connectivity index (χ3v) is 9.13. The van der Waals surface area contributed by atoms with E-state index in [9.17, 15) is 23.5 Å². The number of nitrogens with zero attached hydrogens (tertiary/aromatic N) is 2. The second kappa shape index (κ2) is 10.0. The molecule has 1 aromatic heterocycles. The van der Waals surface area contributed by atoms with Crippen LogP contribution in [-0.2, 0) is 11.2 Å². The molecule has 0 radical (unpaired) electrons. The Bertz CT molecular complexity index is 1160. The molecule has 1 saturated carbocycles. The monoisotopic (exact) mass is 517 g/mol. The number of nitrogens with one attached hydrogen (secondary N) is 1. The van der Waals surface area contributed by atoms with Crippen molar-refractivity contribution in [2.24, 2.45) is 23.2 Å². The Morgan fingerprint density at radius 1 is 1.39 bits per heavy atom. The lowest BCUT2D eigenvalue weighted by Crippen LogP contribution is -2.53. The lowest BCUT2D eigenvalue weighted by Gasteiger charge is -2.53. The number of likely N-dealkylation sites (N-methyl/N-ethyl adjacent to an activating group) is 1. The first-order valence-corrected chi connectivity index (χ1v) is 13.1. The minimum atomic E-state index is -0.933. The summed E-state index contributed by atoms with van der Waals surface area (Å²) >= 11 is 1.31. The number of amides is 2. The second-order valence-electron chi connectivity index (χ2n) is 10.5. The molecule has 2 aromatic rings. The number of aliphatic hydroxyl groups excluding tert-OH is 1. The minimum Gasteiger partial charge on any atom is -0.392 e. The average Bonchev–Trinajstić information content (AvgIpc) is 3.20. The molecular formula is C27H33F2N3O3S. The minimum absolute atomic E-state index is 0.00858. The quantitative estimate of drug-likeness (QED) is 0.528. The molecule has 2 aliphatic rings. The maximum Gasteiger partial charge on any atom is 0.263 e. The molecular weight excluding hydrogens is 484 g/mol. The fourth-order valence-corrected chi connectivity index (χ4v) is 7.55. The molecule has 194 valence electrons. The number of hydrogen-bond acceptors (Lipinski definition) is 5. The summed E-state index contributed by atoms with van der Waals surface area (Å²) in [6.07, 6.45) is 3.27. The van der Waals surface area contributed by atoms with Gasteiger partial charge in [-0.1, -0.05) is 32.9 Å². The molecule has 6 unspecified atom stereocenters. The van der Waals surface area contributed by atoms with E-state index in [4.69, 9.17) is 0 Å². The summed E-state index contributed by atoms with van der Waals surface area (Å²) in [6, 6.07) is 3.28. The van der Waals surface area contributed by atoms with Crippen molar-refractivity contribution in [1.82, 2.24) is 9.88 Å². The molecule has 4 rings (SSSR count). The first-order valence-electron chi connectivity index (χ1n) is 12.3. The fraction of sp³-hybridized carbons (Fsp3) is 0.519. The van der Waals surface area contributed by atoms with Gasteiger partial charge in [0.2, 0.25) is 5.91 Å². The van der Waals surface area contributed by atoms with E-state index in [0.717, 1.165) is 35.5 Å². The Balaban J connectivity index is 1.57. The van der Waals surface area contributed by atoms with E-state index in [1.54, 1.807) is 18.0 Å². The van der Waals surface area contributed by atoms with Crippen LogP contribution >= 0.6 is 11.3 Å². The first kappa shape index (κ1) is 26.4. The lowest BCUT2D eigenvalue weighted by atomic mass is 9.53. The van der Waals surface area contributed by atoms with E-state index in [-0.39, 0.29) is 40.1 Å². The van der Waals surface area contributed by atoms with Crippen molar-refractivity contribution in [3.63, 3.8) is 0 Å². The first-order chi connectivity index (χ1) is 17.0. The van der Waals surface area contributed by atoms with E-state index in [2.05, 4.69) is 23.8 Å². The number of anilines is 1. The van der Waals surface area contributed by atoms with Crippen LogP contribution in [0.4, 0.5) is 13.9 Å². The number of halogens is 2. The second-order valence-corrected chi connectivity index (χ2v) is 11.6. The number of rotatable bonds is 6. The highest BCUT2D eigenvalue weighted by atomic mass is 32.1. The van der Waals surface area contributed by atoms with Gasteiger partial charge in [-0.2, -0.15) is 0 Å². The number of carbonyl (C=O) groups excluding carboxylic acids is 2. The van der Waals surface area contributed by atoms with Crippen LogP contribution in [0.3, 0.4) is 0 Å². The van der Waals surface area contributed by atoms with E-state index in [1.165, 1.54) is 17.4 Å². The van der Waals surface area contributed by atoms with Crippen molar-refractivity contribution < 1.29 is 23.5 Å². The van der Waals surface area contributed by atoms with Crippen molar-refractivity contribution in [2.45, 2.75) is 52.1 Å². The lowest BCUT2D eigenvalue weighted by molar-refractivity contribution is -0.143. The number of fused-ring (bicyclic) bond motifs is 2. The van der Waals surface area contributed by atoms with E-state index in [0.29, 0.717) is 13.0 Å². The maximum atomic E-state index is 14.1. The van der Waals surface area contributed by atoms with Gasteiger partial charge in [-0.05, 0) is 48.6 Å². The molecule has 36 heavy (non-hydrogen) atoms. The Labute approximate surface area is 214 Å². The Morgan fingerprint density at radius 2 is 2.06 bits per heavy atom. The molecule has 1 aromatic carbocycles. The highest BCUT2D eigenvalue weighted by Gasteiger charge is 2.54. The molecule has 2 amide bonds. The Hall–Kier alpha value is -2.65. The molecule has 6 atom stereocenters. The molecule has 2 aliphatic carbocycles. The van der Waals surface area contributed by atoms with Crippen molar-refractivity contribution in [3.05, 3.63) is 58.6 Å². The normalized spacial score (nSPS) is 28.0. The number of carbonyl (C=O) groups is 2. The number of hydrogen-bond donors (Lipinski definition) is 2. The summed E-state index contributed by atoms with van der Waals surface area (Å²) in [5.74, 6) is -3.49. The van der Waals surface area contributed by atoms with Gasteiger partial charge in [-0.15, -0.1) is 17.9 Å². The van der Waals surface area contributed by atoms with Gasteiger partial charge in [-0.25, -0.2) is 13.8 Å². The SMILES string of the molecule is C=CCN(C)C(=O)C(C)C1CCC2(C)Cc3sc(NC(=O)c4c(F)cccc4F)nc3C(C)C2C1O. The van der Waals surface area contributed by atoms with Crippen LogP contribution in [0.25, 0.3) is 0 Å². The molecule has 6 nitrogen and oxygen atoms in total. The summed E-state index contributed by atoms with van der Waals surface area (Å²) < 4.78 is 28.1. The van der Waals surface area contributed by atoms with Gasteiger partial charge >= 0.3 is 0 Å². The number of aliphatic hydroxyl groups is 1. The third kappa shape index (κ3) is 4.59. The van der Waals surface area contributed by atoms with Crippen LogP contribution in [0.1, 0.15) is 60.5 Å². The fourth-order valence-electron chi connectivity index (χ4n) is 6.29. The van der Waals surface area contributed by atoms with Gasteiger partial charge in [0.15, 0.2) is 5.13 Å². The van der Waals surface area contributed by atoms with Gasteiger partial charge < -0.3 is 10.0 Å². The zero-order valence-corrected chi connectivity index (χ0v) is 21.9. The number of thiazole rings is 1. The summed E-state index contributed by atoms with van der Waals surface area (Å²) in [5, 5.41) is 14.4. The molecule has 1 fully saturated rings. The van der Waals surface area contributed by atoms with Crippen molar-refractivity contribution >= 4 is 28.3 Å². The van der Waals surface area contributed by atoms with Crippen LogP contribution in [0.2, 0.25) is 0 Å². The zero-order valence-electron chi connectivity index (χ0n) is 21.1. The Morgan fingerprint density at radius 3 is 2.69 bits per heavy atom. The zero-order chi connectivity index (χ0) is 26.4. The van der Waals surface area contributed by atoms with Gasteiger partial charge in [0.1, 0.15) is 17.2 Å². The maximum absolute atomic E-state index is 14.1. The summed E-state index contributed by atoms with van der Waals surface area (Å²) in [6.45, 7) is 10.2. The molecule has 0 spiro atoms. The van der Waals surface area contributed by atoms with Crippen molar-refractivity contribution in [3.8, 4) is 0 Å². The van der Waals surface area contributed by atoms with Crippen LogP contribution in [0.5, 0.6) is 0 Å². The molecule has 0 saturated heterocycles. The van der Waals surface area contributed by atoms with Gasteiger partial charge in [0, 0.05) is 30.3 Å². The van der Waals surface area contributed by atoms with E-state index < -0.39 is 29.2 Å². The summed E-state index contributed by atoms with van der Waals surface area (Å²) in [7, 11) is 1.74. The largest absolute Gasteiger partial charge is 0.392 e. The molecule has 9 heteroatoms. The topological polar surface area (TPSA) is 82.5 Å². The van der Waals surface area contributed by atoms with Crippen LogP contribution < -0.4 is 5.32 Å². The van der Waals surface area contributed by atoms with Crippen LogP contribution in [0.15, 0.2) is 30.9 Å². The predicted octanol–water partition coefficient (Wildman–Crippen LogP) is 5.01. The average molecular weight is 518 g/mol. The molecule has 2 N–H and O–H groups in total. The van der Waals surface area contributed by atoms with Crippen molar-refractivity contribution in [2.75, 3.05) is 18.9 Å². The van der Waals surface area contributed by atoms with Gasteiger partial charge in [0.05, 0.1) is 11.8 Å². The number of benzene rings is 1. The van der Waals surface area contributed by atoms with E-state index in [1.807, 2.05) is 13.8 Å². The predicted molar refractivity (Wildman–Crippen MR) is 136 cm³/mol. The van der Waals surface area contributed by atoms with Gasteiger partial charge in [0.25, 0.3) is 5.91 Å². The van der Waals surface area contributed by atoms with Crippen molar-refractivity contribution in [1.29, 1.82) is 0 Å². The summed E-state index contributed by atoms with van der Waals surface area (Å²) in [4.78, 5) is 32.8. The summed E-state index contributed by atoms with van der Waals surface area (Å²) in [5.41, 5.74) is -0.0456. The van der Waals surface area contributed by atoms with E-state index >= 15 is 0 Å². The number of aromatic nitrogens is 1. The van der Waals surface area contributed by atoms with Gasteiger partial charge in [-0.3, -0.25) is 14.9 Å². The van der Waals surface area contributed by atoms with Crippen LogP contribution in [-0.4, -0.2) is 46.5 Å². The molecule has 1 heterocycles. The highest BCUT2D eigenvalue weighted by molar-refractivity contribution is 7.15. The third-order valence-electron chi connectivity index (χ3n) is 8.14. The van der Waals surface area contributed by atoms with Crippen LogP contribution in [0, 0.1) is 34.8 Å². The standard InChI is InChI=1S/C27H33F2N3O3S/c1-6-12-32(5)25(35)14(2)16-10-11-27(4)13-19-22(15(3)21(27)23(16)33)30-26(36-19)31-24(34)20-17(28)8-7-9-18(20)29/h6-9,14-16,21,23,33H,1,10-13H2,2-5H3,(H,30,31,34). The Kier molecular flexibility index (Phi) is 7.35. The smallest absolute Gasteiger partial charge is 0.263 e.